The third kappa shape index (κ3) is 7.35. The molecule has 0 spiro atoms. The lowest BCUT2D eigenvalue weighted by Gasteiger charge is -2.11. The summed E-state index contributed by atoms with van der Waals surface area (Å²) in [6, 6.07) is 13.3. The van der Waals surface area contributed by atoms with Crippen molar-refractivity contribution in [1.82, 2.24) is 5.32 Å². The highest BCUT2D eigenvalue weighted by molar-refractivity contribution is 5.91. The average Bonchev–Trinajstić information content (AvgIpc) is 2.71. The molecule has 5 heteroatoms. The predicted molar refractivity (Wildman–Crippen MR) is 115 cm³/mol. The molecule has 0 aliphatic rings. The smallest absolute Gasteiger partial charge is 0.244 e. The van der Waals surface area contributed by atoms with Crippen LogP contribution in [0.15, 0.2) is 48.5 Å². The van der Waals surface area contributed by atoms with Crippen molar-refractivity contribution >= 4 is 17.7 Å². The van der Waals surface area contributed by atoms with E-state index in [1.165, 1.54) is 6.08 Å². The minimum absolute atomic E-state index is 0.128. The van der Waals surface area contributed by atoms with Crippen LogP contribution < -0.4 is 20.5 Å². The van der Waals surface area contributed by atoms with E-state index in [4.69, 9.17) is 15.2 Å². The van der Waals surface area contributed by atoms with E-state index in [9.17, 15) is 4.79 Å². The number of ether oxygens (including phenoxy) is 2. The number of benzene rings is 2. The molecule has 0 aromatic heterocycles. The van der Waals surface area contributed by atoms with Gasteiger partial charge < -0.3 is 20.5 Å². The van der Waals surface area contributed by atoms with Crippen LogP contribution in [0.5, 0.6) is 11.5 Å². The molecule has 0 saturated carbocycles. The van der Waals surface area contributed by atoms with Gasteiger partial charge >= 0.3 is 0 Å². The molecular weight excluding hydrogens is 352 g/mol. The number of nitrogen functional groups attached to an aromatic ring is 1. The molecule has 0 unspecified atom stereocenters. The van der Waals surface area contributed by atoms with Gasteiger partial charge in [0, 0.05) is 18.3 Å². The minimum Gasteiger partial charge on any atom is -0.493 e. The van der Waals surface area contributed by atoms with Gasteiger partial charge in [0.1, 0.15) is 0 Å². The summed E-state index contributed by atoms with van der Waals surface area (Å²) in [6.45, 7) is 3.39. The number of nitrogens with two attached hydrogens (primary N) is 1. The zero-order chi connectivity index (χ0) is 20.2. The molecule has 0 aliphatic carbocycles. The monoisotopic (exact) mass is 382 g/mol. The molecule has 0 saturated heterocycles. The molecule has 2 aromatic carbocycles. The maximum Gasteiger partial charge on any atom is 0.244 e. The van der Waals surface area contributed by atoms with Crippen LogP contribution in [0.2, 0.25) is 0 Å². The van der Waals surface area contributed by atoms with Crippen molar-refractivity contribution in [3.05, 3.63) is 59.7 Å². The van der Waals surface area contributed by atoms with E-state index in [-0.39, 0.29) is 5.91 Å². The predicted octanol–water partition coefficient (Wildman–Crippen LogP) is 4.22. The summed E-state index contributed by atoms with van der Waals surface area (Å²) in [7, 11) is 1.62. The minimum atomic E-state index is -0.128. The summed E-state index contributed by atoms with van der Waals surface area (Å²) in [5, 5.41) is 2.89. The standard InChI is InChI=1S/C23H30N2O3/c1-3-4-5-16-28-22-17-19(8-12-21(22)27-2)9-13-23(26)25-15-14-18-6-10-20(24)11-7-18/h6-13,17H,3-5,14-16,24H2,1-2H3,(H,25,26)/b13-9+. The van der Waals surface area contributed by atoms with Crippen LogP contribution in [0.1, 0.15) is 37.3 Å². The number of anilines is 1. The van der Waals surface area contributed by atoms with Crippen molar-refractivity contribution in [3.8, 4) is 11.5 Å². The van der Waals surface area contributed by atoms with Crippen molar-refractivity contribution in [2.24, 2.45) is 0 Å². The molecule has 0 atom stereocenters. The number of carbonyl (C=O) groups excluding carboxylic acids is 1. The highest BCUT2D eigenvalue weighted by Crippen LogP contribution is 2.28. The Bertz CT molecular complexity index is 770. The molecular formula is C23H30N2O3. The Balaban J connectivity index is 1.85. The van der Waals surface area contributed by atoms with E-state index >= 15 is 0 Å². The van der Waals surface area contributed by atoms with E-state index in [1.807, 2.05) is 42.5 Å². The Labute approximate surface area is 167 Å². The SMILES string of the molecule is CCCCCOc1cc(/C=C/C(=O)NCCc2ccc(N)cc2)ccc1OC. The first-order chi connectivity index (χ1) is 13.6. The van der Waals surface area contributed by atoms with Crippen molar-refractivity contribution in [1.29, 1.82) is 0 Å². The number of rotatable bonds is 11. The fourth-order valence-electron chi connectivity index (χ4n) is 2.69. The van der Waals surface area contributed by atoms with Crippen LogP contribution in [0.25, 0.3) is 6.08 Å². The zero-order valence-electron chi connectivity index (χ0n) is 16.7. The number of hydrogen-bond donors (Lipinski definition) is 2. The van der Waals surface area contributed by atoms with Crippen molar-refractivity contribution < 1.29 is 14.3 Å². The van der Waals surface area contributed by atoms with E-state index in [2.05, 4.69) is 12.2 Å². The Kier molecular flexibility index (Phi) is 8.92. The highest BCUT2D eigenvalue weighted by atomic mass is 16.5. The molecule has 0 fully saturated rings. The first-order valence-electron chi connectivity index (χ1n) is 9.73. The third-order valence-electron chi connectivity index (χ3n) is 4.31. The number of unbranched alkanes of at least 4 members (excludes halogenated alkanes) is 2. The van der Waals surface area contributed by atoms with Crippen LogP contribution in [0, 0.1) is 0 Å². The van der Waals surface area contributed by atoms with Gasteiger partial charge in [-0.2, -0.15) is 0 Å². The number of amides is 1. The lowest BCUT2D eigenvalue weighted by atomic mass is 10.1. The molecule has 0 bridgehead atoms. The van der Waals surface area contributed by atoms with Gasteiger partial charge in [-0.15, -0.1) is 0 Å². The number of carbonyl (C=O) groups is 1. The summed E-state index contributed by atoms with van der Waals surface area (Å²) < 4.78 is 11.2. The van der Waals surface area contributed by atoms with Gasteiger partial charge in [-0.25, -0.2) is 0 Å². The molecule has 3 N–H and O–H groups in total. The number of nitrogens with one attached hydrogen (secondary N) is 1. The summed E-state index contributed by atoms with van der Waals surface area (Å²) in [4.78, 5) is 12.0. The summed E-state index contributed by atoms with van der Waals surface area (Å²) in [6.07, 6.45) is 7.37. The average molecular weight is 383 g/mol. The molecule has 5 nitrogen and oxygen atoms in total. The zero-order valence-corrected chi connectivity index (χ0v) is 16.7. The molecule has 28 heavy (non-hydrogen) atoms. The highest BCUT2D eigenvalue weighted by Gasteiger charge is 2.05. The second-order valence-electron chi connectivity index (χ2n) is 6.58. The van der Waals surface area contributed by atoms with E-state index in [0.29, 0.717) is 24.7 Å². The van der Waals surface area contributed by atoms with Gasteiger partial charge in [0.15, 0.2) is 11.5 Å². The summed E-state index contributed by atoms with van der Waals surface area (Å²) >= 11 is 0. The second-order valence-corrected chi connectivity index (χ2v) is 6.58. The van der Waals surface area contributed by atoms with Crippen molar-refractivity contribution in [2.45, 2.75) is 32.6 Å². The fourth-order valence-corrected chi connectivity index (χ4v) is 2.69. The Morgan fingerprint density at radius 3 is 2.61 bits per heavy atom. The van der Waals surface area contributed by atoms with Crippen LogP contribution in [0.3, 0.4) is 0 Å². The largest absolute Gasteiger partial charge is 0.493 e. The first kappa shape index (κ1) is 21.4. The van der Waals surface area contributed by atoms with Gasteiger partial charge in [0.05, 0.1) is 13.7 Å². The Morgan fingerprint density at radius 2 is 1.89 bits per heavy atom. The quantitative estimate of drug-likeness (QED) is 0.347. The van der Waals surface area contributed by atoms with Crippen LogP contribution in [0.4, 0.5) is 5.69 Å². The molecule has 0 aliphatic heterocycles. The van der Waals surface area contributed by atoms with E-state index < -0.39 is 0 Å². The lowest BCUT2D eigenvalue weighted by Crippen LogP contribution is -2.23. The molecule has 150 valence electrons. The first-order valence-corrected chi connectivity index (χ1v) is 9.73. The van der Waals surface area contributed by atoms with Crippen LogP contribution >= 0.6 is 0 Å². The molecule has 2 aromatic rings. The van der Waals surface area contributed by atoms with Crippen molar-refractivity contribution in [2.75, 3.05) is 26.0 Å². The normalized spacial score (nSPS) is 10.8. The van der Waals surface area contributed by atoms with E-state index in [0.717, 1.165) is 42.5 Å². The summed E-state index contributed by atoms with van der Waals surface area (Å²) in [5.74, 6) is 1.27. The van der Waals surface area contributed by atoms with Gasteiger partial charge in [-0.1, -0.05) is 38.0 Å². The van der Waals surface area contributed by atoms with Crippen LogP contribution in [-0.4, -0.2) is 26.2 Å². The number of methoxy groups -OCH3 is 1. The topological polar surface area (TPSA) is 73.6 Å². The maximum atomic E-state index is 12.0. The Hall–Kier alpha value is -2.95. The van der Waals surface area contributed by atoms with Gasteiger partial charge in [0.25, 0.3) is 0 Å². The molecule has 1 amide bonds. The third-order valence-corrected chi connectivity index (χ3v) is 4.31. The fraction of sp³-hybridized carbons (Fsp3) is 0.348. The van der Waals surface area contributed by atoms with Gasteiger partial charge in [0.2, 0.25) is 5.91 Å². The summed E-state index contributed by atoms with van der Waals surface area (Å²) in [5.41, 5.74) is 8.44. The van der Waals surface area contributed by atoms with Crippen LogP contribution in [-0.2, 0) is 11.2 Å². The van der Waals surface area contributed by atoms with Crippen molar-refractivity contribution in [3.63, 3.8) is 0 Å². The van der Waals surface area contributed by atoms with E-state index in [1.54, 1.807) is 13.2 Å². The second kappa shape index (κ2) is 11.7. The molecule has 0 radical (unpaired) electrons. The lowest BCUT2D eigenvalue weighted by molar-refractivity contribution is -0.116. The number of hydrogen-bond acceptors (Lipinski definition) is 4. The van der Waals surface area contributed by atoms with Gasteiger partial charge in [-0.3, -0.25) is 4.79 Å². The Morgan fingerprint density at radius 1 is 1.11 bits per heavy atom. The maximum absolute atomic E-state index is 12.0. The molecule has 2 rings (SSSR count). The molecule has 0 heterocycles. The van der Waals surface area contributed by atoms with Gasteiger partial charge in [-0.05, 0) is 54.3 Å².